The summed E-state index contributed by atoms with van der Waals surface area (Å²) in [6, 6.07) is 26.8. The van der Waals surface area contributed by atoms with Gasteiger partial charge in [0.1, 0.15) is 18.2 Å². The fourth-order valence-corrected chi connectivity index (χ4v) is 5.93. The van der Waals surface area contributed by atoms with Crippen LogP contribution in [0.25, 0.3) is 6.08 Å². The summed E-state index contributed by atoms with van der Waals surface area (Å²) >= 11 is 11.4. The standard InChI is InChI=1S/C31H23BrClFN2O3S/c1-38-25-13-9-20(10-14-25)18-36-30(37)28(40-31(36)35-24-5-3-2-4-6-24)17-22-15-26(32)29(27(33)16-22)39-19-21-7-11-23(34)12-8-21/h2-17H,18-19H2,1H3/b28-17-,35-31?. The zero-order chi connectivity index (χ0) is 28.1. The van der Waals surface area contributed by atoms with Crippen LogP contribution in [0.5, 0.6) is 11.5 Å². The van der Waals surface area contributed by atoms with Crippen LogP contribution >= 0.6 is 39.3 Å². The number of methoxy groups -OCH3 is 1. The third-order valence-corrected chi connectivity index (χ3v) is 7.86. The lowest BCUT2D eigenvalue weighted by molar-refractivity contribution is -0.122. The molecular weight excluding hydrogens is 615 g/mol. The largest absolute Gasteiger partial charge is 0.497 e. The van der Waals surface area contributed by atoms with E-state index in [1.54, 1.807) is 36.3 Å². The van der Waals surface area contributed by atoms with Gasteiger partial charge in [0.15, 0.2) is 10.9 Å². The molecule has 9 heteroatoms. The number of amides is 1. The highest BCUT2D eigenvalue weighted by Crippen LogP contribution is 2.39. The Bertz CT molecular complexity index is 1560. The van der Waals surface area contributed by atoms with Crippen LogP contribution in [0, 0.1) is 5.82 Å². The van der Waals surface area contributed by atoms with Gasteiger partial charge in [-0.1, -0.05) is 54.1 Å². The molecule has 5 rings (SSSR count). The number of carbonyl (C=O) groups excluding carboxylic acids is 1. The minimum Gasteiger partial charge on any atom is -0.497 e. The second-order valence-electron chi connectivity index (χ2n) is 8.81. The van der Waals surface area contributed by atoms with Crippen molar-refractivity contribution < 1.29 is 18.7 Å². The highest BCUT2D eigenvalue weighted by atomic mass is 79.9. The van der Waals surface area contributed by atoms with E-state index in [-0.39, 0.29) is 18.3 Å². The number of hydrogen-bond donors (Lipinski definition) is 0. The van der Waals surface area contributed by atoms with Crippen LogP contribution in [0.2, 0.25) is 5.02 Å². The van der Waals surface area contributed by atoms with Crippen molar-refractivity contribution in [2.24, 2.45) is 4.99 Å². The normalized spacial score (nSPS) is 15.2. The zero-order valence-corrected chi connectivity index (χ0v) is 24.5. The molecule has 0 radical (unpaired) electrons. The lowest BCUT2D eigenvalue weighted by Gasteiger charge is -2.16. The number of ether oxygens (including phenoxy) is 2. The number of para-hydroxylation sites is 1. The highest BCUT2D eigenvalue weighted by Gasteiger charge is 2.33. The lowest BCUT2D eigenvalue weighted by atomic mass is 10.2. The Morgan fingerprint density at radius 2 is 1.70 bits per heavy atom. The molecule has 4 aromatic rings. The summed E-state index contributed by atoms with van der Waals surface area (Å²) < 4.78 is 25.0. The Hall–Kier alpha value is -3.59. The molecule has 202 valence electrons. The molecule has 1 aliphatic rings. The molecule has 0 unspecified atom stereocenters. The molecule has 0 N–H and O–H groups in total. The summed E-state index contributed by atoms with van der Waals surface area (Å²) in [6.45, 7) is 0.590. The number of benzene rings is 4. The van der Waals surface area contributed by atoms with Gasteiger partial charge in [0.25, 0.3) is 5.91 Å². The van der Waals surface area contributed by atoms with Crippen LogP contribution in [-0.2, 0) is 17.9 Å². The molecule has 1 aliphatic heterocycles. The van der Waals surface area contributed by atoms with E-state index in [0.717, 1.165) is 28.1 Å². The number of carbonyl (C=O) groups is 1. The van der Waals surface area contributed by atoms with Crippen molar-refractivity contribution >= 4 is 62.1 Å². The number of hydrogen-bond acceptors (Lipinski definition) is 5. The van der Waals surface area contributed by atoms with E-state index in [2.05, 4.69) is 15.9 Å². The molecule has 1 fully saturated rings. The number of halogens is 3. The predicted octanol–water partition coefficient (Wildman–Crippen LogP) is 8.63. The lowest BCUT2D eigenvalue weighted by Crippen LogP contribution is -2.28. The molecule has 5 nitrogen and oxygen atoms in total. The van der Waals surface area contributed by atoms with Gasteiger partial charge in [-0.05, 0) is 99.0 Å². The molecule has 0 aromatic heterocycles. The smallest absolute Gasteiger partial charge is 0.267 e. The Morgan fingerprint density at radius 3 is 2.38 bits per heavy atom. The zero-order valence-electron chi connectivity index (χ0n) is 21.3. The number of aliphatic imine (C=N–C) groups is 1. The molecular formula is C31H23BrClFN2O3S. The van der Waals surface area contributed by atoms with Crippen LogP contribution < -0.4 is 9.47 Å². The molecule has 40 heavy (non-hydrogen) atoms. The van der Waals surface area contributed by atoms with E-state index >= 15 is 0 Å². The average Bonchev–Trinajstić information content (AvgIpc) is 3.23. The van der Waals surface area contributed by atoms with Crippen LogP contribution in [0.15, 0.2) is 105 Å². The molecule has 0 atom stereocenters. The summed E-state index contributed by atoms with van der Waals surface area (Å²) in [5.41, 5.74) is 3.25. The molecule has 4 aromatic carbocycles. The molecule has 1 heterocycles. The topological polar surface area (TPSA) is 51.1 Å². The van der Waals surface area contributed by atoms with E-state index in [1.807, 2.05) is 60.7 Å². The second kappa shape index (κ2) is 12.7. The predicted molar refractivity (Wildman–Crippen MR) is 163 cm³/mol. The van der Waals surface area contributed by atoms with Crippen molar-refractivity contribution in [3.8, 4) is 11.5 Å². The summed E-state index contributed by atoms with van der Waals surface area (Å²) in [7, 11) is 1.62. The molecule has 0 spiro atoms. The van der Waals surface area contributed by atoms with Crippen molar-refractivity contribution in [3.05, 3.63) is 128 Å². The number of nitrogens with zero attached hydrogens (tertiary/aromatic N) is 2. The number of rotatable bonds is 8. The van der Waals surface area contributed by atoms with Crippen molar-refractivity contribution in [1.82, 2.24) is 4.90 Å². The fourth-order valence-electron chi connectivity index (χ4n) is 3.95. The summed E-state index contributed by atoms with van der Waals surface area (Å²) in [5, 5.41) is 0.967. The first-order valence-electron chi connectivity index (χ1n) is 12.2. The van der Waals surface area contributed by atoms with Crippen LogP contribution in [0.4, 0.5) is 10.1 Å². The van der Waals surface area contributed by atoms with Crippen molar-refractivity contribution in [1.29, 1.82) is 0 Å². The van der Waals surface area contributed by atoms with E-state index in [9.17, 15) is 9.18 Å². The van der Waals surface area contributed by atoms with Gasteiger partial charge in [0.2, 0.25) is 0 Å². The molecule has 0 bridgehead atoms. The Morgan fingerprint density at radius 1 is 1.00 bits per heavy atom. The summed E-state index contributed by atoms with van der Waals surface area (Å²) in [5.74, 6) is 0.752. The third-order valence-electron chi connectivity index (χ3n) is 5.98. The number of thioether (sulfide) groups is 1. The fraction of sp³-hybridized carbons (Fsp3) is 0.0968. The quantitative estimate of drug-likeness (QED) is 0.182. The van der Waals surface area contributed by atoms with Crippen molar-refractivity contribution in [3.63, 3.8) is 0 Å². The minimum absolute atomic E-state index is 0.153. The van der Waals surface area contributed by atoms with Gasteiger partial charge in [-0.25, -0.2) is 9.38 Å². The Balaban J connectivity index is 1.40. The number of amidine groups is 1. The van der Waals surface area contributed by atoms with Gasteiger partial charge in [0.05, 0.1) is 33.7 Å². The Labute approximate surface area is 249 Å². The van der Waals surface area contributed by atoms with Gasteiger partial charge >= 0.3 is 0 Å². The SMILES string of the molecule is COc1ccc(CN2C(=O)/C(=C/c3cc(Cl)c(OCc4ccc(F)cc4)c(Br)c3)SC2=Nc2ccccc2)cc1. The maximum Gasteiger partial charge on any atom is 0.267 e. The van der Waals surface area contributed by atoms with E-state index < -0.39 is 0 Å². The van der Waals surface area contributed by atoms with Gasteiger partial charge in [-0.2, -0.15) is 0 Å². The van der Waals surface area contributed by atoms with Crippen LogP contribution in [0.3, 0.4) is 0 Å². The van der Waals surface area contributed by atoms with Gasteiger partial charge < -0.3 is 9.47 Å². The van der Waals surface area contributed by atoms with Crippen LogP contribution in [0.1, 0.15) is 16.7 Å². The minimum atomic E-state index is -0.306. The molecule has 0 aliphatic carbocycles. The third kappa shape index (κ3) is 6.75. The molecule has 1 amide bonds. The van der Waals surface area contributed by atoms with E-state index in [1.165, 1.54) is 23.9 Å². The first-order chi connectivity index (χ1) is 19.4. The van der Waals surface area contributed by atoms with Gasteiger partial charge in [-0.3, -0.25) is 9.69 Å². The molecule has 1 saturated heterocycles. The van der Waals surface area contributed by atoms with Gasteiger partial charge in [0, 0.05) is 0 Å². The average molecular weight is 638 g/mol. The Kier molecular flexibility index (Phi) is 8.89. The summed E-state index contributed by atoms with van der Waals surface area (Å²) in [6.07, 6.45) is 1.79. The monoisotopic (exact) mass is 636 g/mol. The van der Waals surface area contributed by atoms with Crippen molar-refractivity contribution in [2.45, 2.75) is 13.2 Å². The maximum absolute atomic E-state index is 13.6. The van der Waals surface area contributed by atoms with E-state index in [0.29, 0.717) is 31.9 Å². The van der Waals surface area contributed by atoms with Gasteiger partial charge in [-0.15, -0.1) is 0 Å². The van der Waals surface area contributed by atoms with E-state index in [4.69, 9.17) is 26.1 Å². The first-order valence-corrected chi connectivity index (χ1v) is 14.2. The summed E-state index contributed by atoms with van der Waals surface area (Å²) in [4.78, 5) is 20.5. The first kappa shape index (κ1) is 28.0. The molecule has 0 saturated carbocycles. The maximum atomic E-state index is 13.6. The highest BCUT2D eigenvalue weighted by molar-refractivity contribution is 9.10. The van der Waals surface area contributed by atoms with Crippen molar-refractivity contribution in [2.75, 3.05) is 7.11 Å². The second-order valence-corrected chi connectivity index (χ2v) is 11.1. The van der Waals surface area contributed by atoms with Crippen LogP contribution in [-0.4, -0.2) is 23.1 Å².